The molecule has 1 aromatic rings. The van der Waals surface area contributed by atoms with Crippen LogP contribution in [0.5, 0.6) is 0 Å². The van der Waals surface area contributed by atoms with E-state index in [1.54, 1.807) is 0 Å². The zero-order valence-electron chi connectivity index (χ0n) is 13.0. The van der Waals surface area contributed by atoms with E-state index in [9.17, 15) is 9.59 Å². The molecule has 4 rings (SSSR count). The van der Waals surface area contributed by atoms with Crippen molar-refractivity contribution in [1.29, 1.82) is 0 Å². The lowest BCUT2D eigenvalue weighted by molar-refractivity contribution is -0.145. The maximum absolute atomic E-state index is 12.9. The number of hydrogen-bond donors (Lipinski definition) is 0. The van der Waals surface area contributed by atoms with E-state index in [1.165, 1.54) is 10.5 Å². The average molecular weight is 299 g/mol. The molecule has 5 atom stereocenters. The Balaban J connectivity index is 1.68. The van der Waals surface area contributed by atoms with E-state index < -0.39 is 0 Å². The molecule has 4 nitrogen and oxygen atoms in total. The molecule has 116 valence electrons. The first kappa shape index (κ1) is 13.9. The summed E-state index contributed by atoms with van der Waals surface area (Å²) in [5, 5.41) is 0. The Labute approximate surface area is 130 Å². The first-order valence-electron chi connectivity index (χ1n) is 8.20. The van der Waals surface area contributed by atoms with Crippen molar-refractivity contribution in [3.8, 4) is 0 Å². The maximum atomic E-state index is 12.9. The summed E-state index contributed by atoms with van der Waals surface area (Å²) in [7, 11) is 0. The second-order valence-electron chi connectivity index (χ2n) is 6.72. The van der Waals surface area contributed by atoms with Crippen molar-refractivity contribution in [2.24, 2.45) is 11.8 Å². The molecular weight excluding hydrogens is 278 g/mol. The molecule has 3 heterocycles. The molecule has 2 amide bonds. The van der Waals surface area contributed by atoms with Gasteiger partial charge in [0.15, 0.2) is 0 Å². The van der Waals surface area contributed by atoms with Crippen molar-refractivity contribution in [1.82, 2.24) is 4.90 Å². The van der Waals surface area contributed by atoms with E-state index in [4.69, 9.17) is 4.74 Å². The smallest absolute Gasteiger partial charge is 0.236 e. The standard InChI is InChI=1S/C18H21NO3/c1-3-12(11-6-4-10(2)5-7-11)19-17(20)15-13-8-9-14(22-13)16(15)18(19)21/h4-7,12-16H,3,8-9H2,1-2H3/t12-,13-,14-,15-,16+/m0/s1. The number of ether oxygens (including phenoxy) is 1. The van der Waals surface area contributed by atoms with Gasteiger partial charge in [-0.05, 0) is 31.7 Å². The number of amides is 2. The van der Waals surface area contributed by atoms with Crippen LogP contribution in [0.15, 0.2) is 24.3 Å². The van der Waals surface area contributed by atoms with Crippen molar-refractivity contribution < 1.29 is 14.3 Å². The van der Waals surface area contributed by atoms with Crippen LogP contribution in [0.1, 0.15) is 43.4 Å². The van der Waals surface area contributed by atoms with E-state index >= 15 is 0 Å². The number of rotatable bonds is 3. The van der Waals surface area contributed by atoms with E-state index in [0.717, 1.165) is 24.8 Å². The highest BCUT2D eigenvalue weighted by molar-refractivity contribution is 6.06. The summed E-state index contributed by atoms with van der Waals surface area (Å²) in [5.74, 6) is -0.499. The number of hydrogen-bond acceptors (Lipinski definition) is 3. The monoisotopic (exact) mass is 299 g/mol. The van der Waals surface area contributed by atoms with Gasteiger partial charge in [0.25, 0.3) is 0 Å². The zero-order valence-corrected chi connectivity index (χ0v) is 13.0. The highest BCUT2D eigenvalue weighted by Gasteiger charge is 2.63. The number of likely N-dealkylation sites (tertiary alicyclic amines) is 1. The van der Waals surface area contributed by atoms with Gasteiger partial charge in [-0.1, -0.05) is 36.8 Å². The summed E-state index contributed by atoms with van der Waals surface area (Å²) in [6.07, 6.45) is 2.51. The highest BCUT2D eigenvalue weighted by Crippen LogP contribution is 2.50. The van der Waals surface area contributed by atoms with Gasteiger partial charge in [0.2, 0.25) is 11.8 Å². The van der Waals surface area contributed by atoms with Crippen LogP contribution in [0.3, 0.4) is 0 Å². The van der Waals surface area contributed by atoms with Gasteiger partial charge in [-0.2, -0.15) is 0 Å². The van der Waals surface area contributed by atoms with Crippen LogP contribution in [0.4, 0.5) is 0 Å². The predicted octanol–water partition coefficient (Wildman–Crippen LogP) is 2.61. The molecule has 0 aliphatic carbocycles. The van der Waals surface area contributed by atoms with Gasteiger partial charge in [-0.15, -0.1) is 0 Å². The second-order valence-corrected chi connectivity index (χ2v) is 6.72. The molecule has 0 aromatic heterocycles. The van der Waals surface area contributed by atoms with Crippen LogP contribution < -0.4 is 0 Å². The second kappa shape index (κ2) is 4.92. The van der Waals surface area contributed by atoms with Crippen molar-refractivity contribution in [2.45, 2.75) is 51.4 Å². The normalized spacial score (nSPS) is 34.4. The predicted molar refractivity (Wildman–Crippen MR) is 80.9 cm³/mol. The molecule has 0 saturated carbocycles. The molecule has 3 aliphatic rings. The maximum Gasteiger partial charge on any atom is 0.236 e. The van der Waals surface area contributed by atoms with E-state index in [0.29, 0.717) is 0 Å². The van der Waals surface area contributed by atoms with Crippen LogP contribution >= 0.6 is 0 Å². The summed E-state index contributed by atoms with van der Waals surface area (Å²) < 4.78 is 5.79. The lowest BCUT2D eigenvalue weighted by Gasteiger charge is -2.27. The third-order valence-corrected chi connectivity index (χ3v) is 5.48. The molecule has 22 heavy (non-hydrogen) atoms. The quantitative estimate of drug-likeness (QED) is 0.806. The van der Waals surface area contributed by atoms with E-state index in [2.05, 4.69) is 0 Å². The molecule has 1 aromatic carbocycles. The molecular formula is C18H21NO3. The summed E-state index contributed by atoms with van der Waals surface area (Å²) in [5.41, 5.74) is 2.23. The molecule has 4 heteroatoms. The Morgan fingerprint density at radius 3 is 2.14 bits per heavy atom. The van der Waals surface area contributed by atoms with Crippen LogP contribution in [0, 0.1) is 18.8 Å². The van der Waals surface area contributed by atoms with Gasteiger partial charge in [-0.3, -0.25) is 14.5 Å². The SMILES string of the molecule is CC[C@@H](c1ccc(C)cc1)N1C(=O)[C@@H]2[C@H](C1=O)[C@@H]1CC[C@@H]2O1. The summed E-state index contributed by atoms with van der Waals surface area (Å²) >= 11 is 0. The van der Waals surface area contributed by atoms with Crippen molar-refractivity contribution in [2.75, 3.05) is 0 Å². The number of imide groups is 1. The highest BCUT2D eigenvalue weighted by atomic mass is 16.5. The number of fused-ring (bicyclic) bond motifs is 5. The van der Waals surface area contributed by atoms with Gasteiger partial charge >= 0.3 is 0 Å². The summed E-state index contributed by atoms with van der Waals surface area (Å²) in [4.78, 5) is 27.2. The molecule has 3 aliphatic heterocycles. The molecule has 0 spiro atoms. The number of nitrogens with zero attached hydrogens (tertiary/aromatic N) is 1. The van der Waals surface area contributed by atoms with Crippen LogP contribution in [-0.2, 0) is 14.3 Å². The van der Waals surface area contributed by atoms with Crippen molar-refractivity contribution in [3.63, 3.8) is 0 Å². The van der Waals surface area contributed by atoms with Crippen LogP contribution in [0.2, 0.25) is 0 Å². The third-order valence-electron chi connectivity index (χ3n) is 5.48. The molecule has 2 bridgehead atoms. The molecule has 3 saturated heterocycles. The fourth-order valence-electron chi connectivity index (χ4n) is 4.40. The lowest BCUT2D eigenvalue weighted by atomic mass is 9.81. The minimum absolute atomic E-state index is 0.0189. The minimum atomic E-state index is -0.231. The fourth-order valence-corrected chi connectivity index (χ4v) is 4.40. The van der Waals surface area contributed by atoms with Crippen LogP contribution in [0.25, 0.3) is 0 Å². The van der Waals surface area contributed by atoms with Gasteiger partial charge < -0.3 is 4.74 Å². The molecule has 3 fully saturated rings. The van der Waals surface area contributed by atoms with Crippen LogP contribution in [-0.4, -0.2) is 28.9 Å². The first-order chi connectivity index (χ1) is 10.6. The van der Waals surface area contributed by atoms with E-state index in [1.807, 2.05) is 38.1 Å². The lowest BCUT2D eigenvalue weighted by Crippen LogP contribution is -2.37. The number of benzene rings is 1. The van der Waals surface area contributed by atoms with Gasteiger partial charge in [0, 0.05) is 0 Å². The van der Waals surface area contributed by atoms with E-state index in [-0.39, 0.29) is 41.9 Å². The van der Waals surface area contributed by atoms with Gasteiger partial charge in [0.05, 0.1) is 30.1 Å². The fraction of sp³-hybridized carbons (Fsp3) is 0.556. The van der Waals surface area contributed by atoms with Crippen molar-refractivity contribution >= 4 is 11.8 Å². The number of carbonyl (C=O) groups excluding carboxylic acids is 2. The van der Waals surface area contributed by atoms with Gasteiger partial charge in [-0.25, -0.2) is 0 Å². The zero-order chi connectivity index (χ0) is 15.4. The number of aryl methyl sites for hydroxylation is 1. The Morgan fingerprint density at radius 2 is 1.64 bits per heavy atom. The summed E-state index contributed by atoms with van der Waals surface area (Å²) in [6, 6.07) is 7.99. The molecule has 0 unspecified atom stereocenters. The Morgan fingerprint density at radius 1 is 1.09 bits per heavy atom. The van der Waals surface area contributed by atoms with Gasteiger partial charge in [0.1, 0.15) is 0 Å². The Kier molecular flexibility index (Phi) is 3.12. The Bertz CT molecular complexity index is 596. The number of carbonyl (C=O) groups is 2. The Hall–Kier alpha value is -1.68. The summed E-state index contributed by atoms with van der Waals surface area (Å²) in [6.45, 7) is 4.07. The third kappa shape index (κ3) is 1.80. The minimum Gasteiger partial charge on any atom is -0.373 e. The van der Waals surface area contributed by atoms with Crippen molar-refractivity contribution in [3.05, 3.63) is 35.4 Å². The largest absolute Gasteiger partial charge is 0.373 e. The first-order valence-corrected chi connectivity index (χ1v) is 8.20. The average Bonchev–Trinajstić information content (AvgIpc) is 3.18. The molecule has 0 radical (unpaired) electrons. The molecule has 0 N–H and O–H groups in total. The topological polar surface area (TPSA) is 46.6 Å².